The van der Waals surface area contributed by atoms with Crippen molar-refractivity contribution < 1.29 is 31.9 Å². The standard InChI is InChI=1S/C25H27F5N8O2/c26-20(27)12-35-4-5-37(21(40)13-35)17-10-36(11-17)22-19-9-31-38(16-3-1-2-14(6-16)25(28,29)30)23(19)34-24(33-22)32-15-7-18(39)8-15/h1-3,6,9,15,17-18,20,39H,4-5,7-8,10-13H2,(H,32,33,34). The Balaban J connectivity index is 1.27. The van der Waals surface area contributed by atoms with Gasteiger partial charge < -0.3 is 20.2 Å². The smallest absolute Gasteiger partial charge is 0.393 e. The fraction of sp³-hybridized carbons (Fsp3) is 0.520. The summed E-state index contributed by atoms with van der Waals surface area (Å²) < 4.78 is 66.9. The highest BCUT2D eigenvalue weighted by Crippen LogP contribution is 2.34. The summed E-state index contributed by atoms with van der Waals surface area (Å²) in [5.41, 5.74) is -0.311. The maximum Gasteiger partial charge on any atom is 0.416 e. The first-order valence-corrected chi connectivity index (χ1v) is 13.0. The lowest BCUT2D eigenvalue weighted by Gasteiger charge is -2.48. The van der Waals surface area contributed by atoms with E-state index >= 15 is 0 Å². The third kappa shape index (κ3) is 5.14. The van der Waals surface area contributed by atoms with Crippen LogP contribution in [-0.4, -0.2) is 104 Å². The fourth-order valence-electron chi connectivity index (χ4n) is 5.39. The molecule has 2 N–H and O–H groups in total. The van der Waals surface area contributed by atoms with E-state index < -0.39 is 30.8 Å². The van der Waals surface area contributed by atoms with Gasteiger partial charge in [-0.3, -0.25) is 9.69 Å². The van der Waals surface area contributed by atoms with E-state index in [9.17, 15) is 31.9 Å². The van der Waals surface area contributed by atoms with Crippen molar-refractivity contribution in [3.8, 4) is 5.69 Å². The molecule has 4 heterocycles. The lowest BCUT2D eigenvalue weighted by molar-refractivity contribution is -0.140. The Kier molecular flexibility index (Phi) is 6.73. The number of amides is 1. The minimum Gasteiger partial charge on any atom is -0.393 e. The van der Waals surface area contributed by atoms with Gasteiger partial charge in [-0.1, -0.05) is 6.07 Å². The number of carbonyl (C=O) groups excluding carboxylic acids is 1. The molecule has 3 aromatic rings. The molecule has 6 rings (SSSR count). The van der Waals surface area contributed by atoms with Gasteiger partial charge in [-0.25, -0.2) is 13.5 Å². The zero-order valence-electron chi connectivity index (χ0n) is 21.2. The number of nitrogens with one attached hydrogen (secondary N) is 1. The van der Waals surface area contributed by atoms with Crippen molar-refractivity contribution >= 4 is 28.7 Å². The van der Waals surface area contributed by atoms with Crippen LogP contribution in [-0.2, 0) is 11.0 Å². The molecular formula is C25H27F5N8O2. The van der Waals surface area contributed by atoms with Crippen molar-refractivity contribution in [1.29, 1.82) is 0 Å². The SMILES string of the molecule is O=C1CN(CC(F)F)CCN1C1CN(c2nc(NC3CC(O)C3)nc3c2cnn3-c2cccc(C(F)(F)F)c2)C1. The number of aliphatic hydroxyl groups is 1. The number of fused-ring (bicyclic) bond motifs is 1. The Labute approximate surface area is 225 Å². The fourth-order valence-corrected chi connectivity index (χ4v) is 5.39. The highest BCUT2D eigenvalue weighted by molar-refractivity contribution is 5.90. The molecular weight excluding hydrogens is 539 g/mol. The number of piperazine rings is 1. The maximum atomic E-state index is 13.4. The van der Waals surface area contributed by atoms with Crippen molar-refractivity contribution in [3.63, 3.8) is 0 Å². The summed E-state index contributed by atoms with van der Waals surface area (Å²) in [6.45, 7) is 1.14. The van der Waals surface area contributed by atoms with E-state index in [0.29, 0.717) is 55.9 Å². The third-order valence-corrected chi connectivity index (χ3v) is 7.61. The monoisotopic (exact) mass is 566 g/mol. The minimum atomic E-state index is -4.52. The van der Waals surface area contributed by atoms with Crippen LogP contribution in [0.3, 0.4) is 0 Å². The molecule has 15 heteroatoms. The van der Waals surface area contributed by atoms with Gasteiger partial charge in [0.1, 0.15) is 5.82 Å². The van der Waals surface area contributed by atoms with Gasteiger partial charge in [0, 0.05) is 32.2 Å². The molecule has 3 fully saturated rings. The Morgan fingerprint density at radius 1 is 1.12 bits per heavy atom. The zero-order chi connectivity index (χ0) is 28.2. The highest BCUT2D eigenvalue weighted by Gasteiger charge is 2.39. The van der Waals surface area contributed by atoms with Crippen LogP contribution in [0.1, 0.15) is 18.4 Å². The van der Waals surface area contributed by atoms with E-state index in [0.717, 1.165) is 12.1 Å². The summed E-state index contributed by atoms with van der Waals surface area (Å²) in [5.74, 6) is 0.576. The normalized spacial score (nSPS) is 22.6. The quantitative estimate of drug-likeness (QED) is 0.421. The lowest BCUT2D eigenvalue weighted by Crippen LogP contribution is -2.65. The summed E-state index contributed by atoms with van der Waals surface area (Å²) in [6.07, 6.45) is -4.88. The third-order valence-electron chi connectivity index (χ3n) is 7.61. The number of benzene rings is 1. The molecule has 1 aromatic carbocycles. The number of halogens is 5. The molecule has 0 unspecified atom stereocenters. The van der Waals surface area contributed by atoms with Gasteiger partial charge in [-0.05, 0) is 31.0 Å². The molecule has 3 aliphatic rings. The average Bonchev–Trinajstić information content (AvgIpc) is 3.27. The molecule has 2 aliphatic heterocycles. The summed E-state index contributed by atoms with van der Waals surface area (Å²) in [7, 11) is 0. The van der Waals surface area contributed by atoms with E-state index in [4.69, 9.17) is 0 Å². The molecule has 1 aliphatic carbocycles. The Hall–Kier alpha value is -3.59. The Bertz CT molecular complexity index is 1400. The lowest BCUT2D eigenvalue weighted by atomic mass is 9.90. The van der Waals surface area contributed by atoms with Crippen molar-refractivity contribution in [2.45, 2.75) is 43.6 Å². The summed E-state index contributed by atoms with van der Waals surface area (Å²) in [4.78, 5) is 27.0. The van der Waals surface area contributed by atoms with Crippen LogP contribution in [0, 0.1) is 0 Å². The summed E-state index contributed by atoms with van der Waals surface area (Å²) >= 11 is 0. The average molecular weight is 567 g/mol. The number of carbonyl (C=O) groups is 1. The van der Waals surface area contributed by atoms with Crippen molar-refractivity contribution in [3.05, 3.63) is 36.0 Å². The molecule has 1 amide bonds. The molecule has 0 radical (unpaired) electrons. The number of aromatic nitrogens is 4. The van der Waals surface area contributed by atoms with Crippen molar-refractivity contribution in [1.82, 2.24) is 29.5 Å². The topological polar surface area (TPSA) is 103 Å². The number of rotatable bonds is 7. The van der Waals surface area contributed by atoms with Crippen LogP contribution < -0.4 is 10.2 Å². The van der Waals surface area contributed by atoms with Crippen molar-refractivity contribution in [2.24, 2.45) is 0 Å². The van der Waals surface area contributed by atoms with Gasteiger partial charge in [0.15, 0.2) is 5.65 Å². The molecule has 2 saturated heterocycles. The van der Waals surface area contributed by atoms with Crippen LogP contribution in [0.5, 0.6) is 0 Å². The number of nitrogens with zero attached hydrogens (tertiary/aromatic N) is 7. The number of anilines is 2. The number of hydrogen-bond acceptors (Lipinski definition) is 8. The predicted molar refractivity (Wildman–Crippen MR) is 134 cm³/mol. The van der Waals surface area contributed by atoms with Crippen LogP contribution in [0.25, 0.3) is 16.7 Å². The largest absolute Gasteiger partial charge is 0.416 e. The van der Waals surface area contributed by atoms with E-state index in [1.807, 2.05) is 4.90 Å². The molecule has 40 heavy (non-hydrogen) atoms. The number of alkyl halides is 5. The van der Waals surface area contributed by atoms with E-state index in [1.54, 1.807) is 4.90 Å². The Morgan fingerprint density at radius 2 is 1.90 bits per heavy atom. The number of hydrogen-bond donors (Lipinski definition) is 2. The predicted octanol–water partition coefficient (Wildman–Crippen LogP) is 2.37. The first-order chi connectivity index (χ1) is 19.0. The first kappa shape index (κ1) is 26.6. The molecule has 10 nitrogen and oxygen atoms in total. The van der Waals surface area contributed by atoms with Crippen molar-refractivity contribution in [2.75, 3.05) is 49.5 Å². The van der Waals surface area contributed by atoms with Crippen LogP contribution >= 0.6 is 0 Å². The number of aliphatic hydroxyl groups excluding tert-OH is 1. The van der Waals surface area contributed by atoms with Gasteiger partial charge in [-0.2, -0.15) is 28.2 Å². The molecule has 1 saturated carbocycles. The van der Waals surface area contributed by atoms with Crippen LogP contribution in [0.15, 0.2) is 30.5 Å². The maximum absolute atomic E-state index is 13.4. The van der Waals surface area contributed by atoms with E-state index in [-0.39, 0.29) is 36.2 Å². The molecule has 214 valence electrons. The van der Waals surface area contributed by atoms with Gasteiger partial charge in [0.2, 0.25) is 11.9 Å². The van der Waals surface area contributed by atoms with Gasteiger partial charge in [-0.15, -0.1) is 0 Å². The van der Waals surface area contributed by atoms with E-state index in [1.165, 1.54) is 27.9 Å². The molecule has 0 bridgehead atoms. The zero-order valence-corrected chi connectivity index (χ0v) is 21.2. The van der Waals surface area contributed by atoms with Gasteiger partial charge in [0.05, 0.1) is 48.1 Å². The van der Waals surface area contributed by atoms with Gasteiger partial charge >= 0.3 is 6.18 Å². The van der Waals surface area contributed by atoms with Crippen LogP contribution in [0.2, 0.25) is 0 Å². The minimum absolute atomic E-state index is 0.0449. The second kappa shape index (κ2) is 10.1. The summed E-state index contributed by atoms with van der Waals surface area (Å²) in [6, 6.07) is 4.64. The summed E-state index contributed by atoms with van der Waals surface area (Å²) in [5, 5.41) is 17.7. The molecule has 0 spiro atoms. The second-order valence-electron chi connectivity index (χ2n) is 10.5. The second-order valence-corrected chi connectivity index (χ2v) is 10.5. The van der Waals surface area contributed by atoms with Crippen LogP contribution in [0.4, 0.5) is 33.7 Å². The molecule has 2 aromatic heterocycles. The molecule has 0 atom stereocenters. The van der Waals surface area contributed by atoms with Gasteiger partial charge in [0.25, 0.3) is 6.43 Å². The highest BCUT2D eigenvalue weighted by atomic mass is 19.4. The Morgan fingerprint density at radius 3 is 2.58 bits per heavy atom. The first-order valence-electron chi connectivity index (χ1n) is 13.0. The van der Waals surface area contributed by atoms with E-state index in [2.05, 4.69) is 20.4 Å².